The van der Waals surface area contributed by atoms with Crippen LogP contribution in [-0.2, 0) is 95.2 Å². The lowest BCUT2D eigenvalue weighted by Crippen LogP contribution is -2.47. The monoisotopic (exact) mass is 1480 g/mol. The topological polar surface area (TPSA) is 300 Å². The van der Waals surface area contributed by atoms with Crippen LogP contribution in [0.5, 0.6) is 0 Å². The molecule has 0 bridgehead atoms. The van der Waals surface area contributed by atoms with Gasteiger partial charge in [0.15, 0.2) is 18.9 Å². The van der Waals surface area contributed by atoms with Gasteiger partial charge < -0.3 is 72.8 Å². The van der Waals surface area contributed by atoms with Crippen LogP contribution in [0, 0.1) is 58.7 Å². The van der Waals surface area contributed by atoms with Crippen molar-refractivity contribution < 1.29 is 100.0 Å². The standard InChI is InChI=1S/C80H141N3O21/c1-56-59(4)69(53-99-65(10)84)102-76(62(56)7)95-47-29-36-68(87)35-23-17-14-22-28-46-83-79(92)98-52-34-43-80(13,41-32-50-93-74(90)39-24-18-15-20-26-44-81-72(88)37-30-48-96-77-63(8)57(2)60(5)70(103-77)54-100-66(11)85)42-33-51-94-75(91)40-25-19-16-21-27-45-82-73(89)38-31-49-97-78-64(9)58(3)61(6)71(104-78)55-101-67(12)86/h56-64,69-71,76-78H,14-55H2,1-13H3,(H,81,88)(H,82,89)(H,83,92). The van der Waals surface area contributed by atoms with E-state index in [1.54, 1.807) is 0 Å². The number of amides is 3. The summed E-state index contributed by atoms with van der Waals surface area (Å²) in [5.41, 5.74) is -0.180. The first kappa shape index (κ1) is 93.2. The Hall–Kier alpha value is -5.01. The van der Waals surface area contributed by atoms with E-state index in [2.05, 4.69) is 85.2 Å². The molecule has 3 aliphatic heterocycles. The van der Waals surface area contributed by atoms with Crippen molar-refractivity contribution in [2.75, 3.05) is 79.1 Å². The third-order valence-electron chi connectivity index (χ3n) is 22.0. The molecule has 15 atom stereocenters. The van der Waals surface area contributed by atoms with E-state index >= 15 is 0 Å². The summed E-state index contributed by atoms with van der Waals surface area (Å²) in [6.07, 6.45) is 19.2. The molecule has 0 aromatic carbocycles. The number of esters is 5. The van der Waals surface area contributed by atoms with E-state index in [0.29, 0.717) is 147 Å². The number of alkyl carbamates (subject to hydrolysis) is 1. The SMILES string of the molecule is CC(=O)OCC1OC(OCCCC(=O)CCCCCCCNC(=O)OCCCC(C)(CCCOC(=O)CCCCCCCNC(=O)CCCOC2OC(COC(C)=O)C(C)C(C)C2C)CCCOC(=O)CCCCCCCNC(=O)CCCOC2OC(COC(C)=O)C(C)C(C)C2C)C(C)C(C)C1C. The molecule has 0 spiro atoms. The van der Waals surface area contributed by atoms with Gasteiger partial charge in [-0.1, -0.05) is 127 Å². The van der Waals surface area contributed by atoms with Crippen molar-refractivity contribution >= 4 is 53.5 Å². The molecule has 24 heteroatoms. The van der Waals surface area contributed by atoms with Crippen molar-refractivity contribution in [2.45, 2.75) is 320 Å². The van der Waals surface area contributed by atoms with E-state index in [9.17, 15) is 43.2 Å². The molecule has 104 heavy (non-hydrogen) atoms. The number of hydrogen-bond acceptors (Lipinski definition) is 21. The number of rotatable bonds is 57. The van der Waals surface area contributed by atoms with Gasteiger partial charge in [0.05, 0.1) is 58.0 Å². The van der Waals surface area contributed by atoms with E-state index in [4.69, 9.17) is 56.8 Å². The smallest absolute Gasteiger partial charge is 0.407 e. The molecule has 0 radical (unpaired) electrons. The largest absolute Gasteiger partial charge is 0.466 e. The summed E-state index contributed by atoms with van der Waals surface area (Å²) in [4.78, 5) is 110. The predicted molar refractivity (Wildman–Crippen MR) is 395 cm³/mol. The fraction of sp³-hybridized carbons (Fsp3) is 0.887. The van der Waals surface area contributed by atoms with E-state index < -0.39 is 25.0 Å². The van der Waals surface area contributed by atoms with Crippen LogP contribution in [0.2, 0.25) is 0 Å². The summed E-state index contributed by atoms with van der Waals surface area (Å²) in [6, 6.07) is 0. The van der Waals surface area contributed by atoms with Crippen LogP contribution in [0.3, 0.4) is 0 Å². The van der Waals surface area contributed by atoms with Gasteiger partial charge in [-0.2, -0.15) is 0 Å². The zero-order valence-corrected chi connectivity index (χ0v) is 66.4. The summed E-state index contributed by atoms with van der Waals surface area (Å²) >= 11 is 0. The third-order valence-corrected chi connectivity index (χ3v) is 22.0. The third kappa shape index (κ3) is 40.8. The van der Waals surface area contributed by atoms with Crippen LogP contribution in [0.4, 0.5) is 4.79 Å². The number of carbonyl (C=O) groups excluding carboxylic acids is 9. The molecule has 3 aliphatic rings. The fourth-order valence-electron chi connectivity index (χ4n) is 13.9. The van der Waals surface area contributed by atoms with Crippen LogP contribution in [-0.4, -0.2) is 170 Å². The van der Waals surface area contributed by atoms with Crippen molar-refractivity contribution in [1.29, 1.82) is 0 Å². The number of ketones is 1. The lowest BCUT2D eigenvalue weighted by molar-refractivity contribution is -0.255. The molecule has 3 rings (SSSR count). The molecule has 3 N–H and O–H groups in total. The maximum absolute atomic E-state index is 12.8. The van der Waals surface area contributed by atoms with Gasteiger partial charge in [-0.15, -0.1) is 0 Å². The Labute approximate surface area is 624 Å². The normalized spacial score (nSPS) is 25.2. The zero-order valence-electron chi connectivity index (χ0n) is 66.4. The van der Waals surface area contributed by atoms with Gasteiger partial charge in [0.25, 0.3) is 0 Å². The summed E-state index contributed by atoms with van der Waals surface area (Å²) in [5, 5.41) is 8.87. The van der Waals surface area contributed by atoms with Crippen molar-refractivity contribution in [3.63, 3.8) is 0 Å². The molecule has 602 valence electrons. The van der Waals surface area contributed by atoms with Crippen LogP contribution < -0.4 is 16.0 Å². The van der Waals surface area contributed by atoms with Gasteiger partial charge in [0.1, 0.15) is 25.6 Å². The van der Waals surface area contributed by atoms with Gasteiger partial charge in [-0.25, -0.2) is 4.79 Å². The number of carbonyl (C=O) groups is 9. The number of unbranched alkanes of at least 4 members (excludes halogenated alkanes) is 12. The Kier molecular flexibility index (Phi) is 48.9. The van der Waals surface area contributed by atoms with Gasteiger partial charge in [0, 0.05) is 96.7 Å². The molecule has 24 nitrogen and oxygen atoms in total. The van der Waals surface area contributed by atoms with E-state index in [1.165, 1.54) is 20.8 Å². The summed E-state index contributed by atoms with van der Waals surface area (Å²) in [5.74, 6) is 0.874. The fourth-order valence-corrected chi connectivity index (χ4v) is 13.9. The first-order valence-corrected chi connectivity index (χ1v) is 40.2. The van der Waals surface area contributed by atoms with Gasteiger partial charge in [-0.05, 0) is 137 Å². The summed E-state index contributed by atoms with van der Waals surface area (Å²) < 4.78 is 69.2. The van der Waals surface area contributed by atoms with Gasteiger partial charge >= 0.3 is 35.9 Å². The van der Waals surface area contributed by atoms with E-state index in [1.807, 2.05) is 0 Å². The lowest BCUT2D eigenvalue weighted by atomic mass is 9.77. The van der Waals surface area contributed by atoms with Crippen LogP contribution in [0.1, 0.15) is 283 Å². The van der Waals surface area contributed by atoms with Crippen molar-refractivity contribution in [1.82, 2.24) is 16.0 Å². The minimum Gasteiger partial charge on any atom is -0.466 e. The Morgan fingerprint density at radius 1 is 0.308 bits per heavy atom. The highest BCUT2D eigenvalue weighted by Gasteiger charge is 2.43. The minimum absolute atomic E-state index is 0.0154. The second kappa shape index (κ2) is 54.6. The first-order chi connectivity index (χ1) is 49.7. The van der Waals surface area contributed by atoms with Gasteiger partial charge in [0.2, 0.25) is 11.8 Å². The Balaban J connectivity index is 1.29. The molecule has 3 saturated heterocycles. The number of hydrogen-bond donors (Lipinski definition) is 3. The molecule has 15 unspecified atom stereocenters. The summed E-state index contributed by atoms with van der Waals surface area (Å²) in [6.45, 7) is 29.8. The van der Waals surface area contributed by atoms with Crippen molar-refractivity contribution in [3.8, 4) is 0 Å². The molecule has 0 saturated carbocycles. The van der Waals surface area contributed by atoms with Crippen LogP contribution >= 0.6 is 0 Å². The van der Waals surface area contributed by atoms with Crippen LogP contribution in [0.25, 0.3) is 0 Å². The molecule has 0 aliphatic carbocycles. The quantitative estimate of drug-likeness (QED) is 0.0289. The number of Topliss-reactive ketones (excluding diaryl/α,β-unsaturated/α-hetero) is 1. The second-order valence-electron chi connectivity index (χ2n) is 30.6. The Morgan fingerprint density at radius 2 is 0.606 bits per heavy atom. The van der Waals surface area contributed by atoms with Crippen molar-refractivity contribution in [3.05, 3.63) is 0 Å². The molecule has 3 fully saturated rings. The van der Waals surface area contributed by atoms with Crippen LogP contribution in [0.15, 0.2) is 0 Å². The minimum atomic E-state index is -0.452. The number of ether oxygens (including phenoxy) is 12. The highest BCUT2D eigenvalue weighted by molar-refractivity contribution is 5.78. The Bertz CT molecular complexity index is 2180. The summed E-state index contributed by atoms with van der Waals surface area (Å²) in [7, 11) is 0. The maximum atomic E-state index is 12.8. The van der Waals surface area contributed by atoms with Crippen molar-refractivity contribution in [2.24, 2.45) is 58.7 Å². The van der Waals surface area contributed by atoms with E-state index in [-0.39, 0.29) is 133 Å². The molecule has 0 aromatic heterocycles. The molecular weight excluding hydrogens is 1340 g/mol. The average molecular weight is 1480 g/mol. The first-order valence-electron chi connectivity index (χ1n) is 40.2. The molecule has 3 amide bonds. The van der Waals surface area contributed by atoms with Gasteiger partial charge in [-0.3, -0.25) is 38.4 Å². The Morgan fingerprint density at radius 3 is 0.962 bits per heavy atom. The average Bonchev–Trinajstić information content (AvgIpc) is 0.799. The second-order valence-corrected chi connectivity index (χ2v) is 30.6. The molecular formula is C80H141N3O21. The highest BCUT2D eigenvalue weighted by atomic mass is 16.7. The number of nitrogens with one attached hydrogen (secondary N) is 3. The molecule has 3 heterocycles. The highest BCUT2D eigenvalue weighted by Crippen LogP contribution is 2.39. The van der Waals surface area contributed by atoms with E-state index in [0.717, 1.165) is 116 Å². The zero-order chi connectivity index (χ0) is 76.7. The predicted octanol–water partition coefficient (Wildman–Crippen LogP) is 13.9. The maximum Gasteiger partial charge on any atom is 0.407 e. The molecule has 0 aromatic rings. The lowest BCUT2D eigenvalue weighted by Gasteiger charge is -2.43.